The Balaban J connectivity index is 2.31. The molecule has 0 spiro atoms. The lowest BCUT2D eigenvalue weighted by Crippen LogP contribution is -2.14. The van der Waals surface area contributed by atoms with Gasteiger partial charge in [0.2, 0.25) is 0 Å². The van der Waals surface area contributed by atoms with Crippen molar-refractivity contribution >= 4 is 17.4 Å². The Bertz CT molecular complexity index is 595. The minimum atomic E-state index is -0.172. The molecule has 0 unspecified atom stereocenters. The van der Waals surface area contributed by atoms with Gasteiger partial charge in [-0.1, -0.05) is 18.2 Å². The number of para-hydroxylation sites is 1. The molecule has 0 aliphatic heterocycles. The summed E-state index contributed by atoms with van der Waals surface area (Å²) in [7, 11) is 0. The summed E-state index contributed by atoms with van der Waals surface area (Å²) < 4.78 is 0. The minimum Gasteiger partial charge on any atom is -0.384 e. The number of amides is 1. The lowest BCUT2D eigenvalue weighted by molar-refractivity contribution is 0.102. The lowest BCUT2D eigenvalue weighted by Gasteiger charge is -2.11. The van der Waals surface area contributed by atoms with E-state index in [1.54, 1.807) is 12.1 Å². The normalized spacial score (nSPS) is 10.3. The molecule has 19 heavy (non-hydrogen) atoms. The maximum absolute atomic E-state index is 12.2. The van der Waals surface area contributed by atoms with Gasteiger partial charge in [-0.05, 0) is 44.0 Å². The Labute approximate surface area is 112 Å². The number of aromatic nitrogens is 1. The van der Waals surface area contributed by atoms with Crippen molar-refractivity contribution in [3.05, 3.63) is 52.7 Å². The third-order valence-corrected chi connectivity index (χ3v) is 2.96. The highest BCUT2D eigenvalue weighted by atomic mass is 16.1. The van der Waals surface area contributed by atoms with Gasteiger partial charge in [-0.3, -0.25) is 4.79 Å². The van der Waals surface area contributed by atoms with Crippen LogP contribution in [0.4, 0.5) is 11.5 Å². The van der Waals surface area contributed by atoms with Crippen LogP contribution in [0.2, 0.25) is 0 Å². The summed E-state index contributed by atoms with van der Waals surface area (Å²) in [6.07, 6.45) is 0. The SMILES string of the molecule is Cc1cc(C(=O)Nc2c(C)cccc2C)cc(N)n1. The van der Waals surface area contributed by atoms with Crippen LogP contribution in [0.3, 0.4) is 0 Å². The summed E-state index contributed by atoms with van der Waals surface area (Å²) in [4.78, 5) is 16.3. The van der Waals surface area contributed by atoms with Crippen LogP contribution in [0, 0.1) is 20.8 Å². The largest absolute Gasteiger partial charge is 0.384 e. The molecule has 4 heteroatoms. The van der Waals surface area contributed by atoms with Crippen LogP contribution < -0.4 is 11.1 Å². The van der Waals surface area contributed by atoms with Crippen molar-refractivity contribution in [2.75, 3.05) is 11.1 Å². The van der Waals surface area contributed by atoms with Crippen molar-refractivity contribution in [1.29, 1.82) is 0 Å². The Morgan fingerprint density at radius 1 is 1.16 bits per heavy atom. The van der Waals surface area contributed by atoms with Gasteiger partial charge in [0.25, 0.3) is 5.91 Å². The number of rotatable bonds is 2. The molecule has 2 aromatic rings. The number of hydrogen-bond donors (Lipinski definition) is 2. The van der Waals surface area contributed by atoms with Gasteiger partial charge >= 0.3 is 0 Å². The average Bonchev–Trinajstić information content (AvgIpc) is 2.32. The lowest BCUT2D eigenvalue weighted by atomic mass is 10.1. The Hall–Kier alpha value is -2.36. The molecule has 0 aliphatic rings. The first-order valence-electron chi connectivity index (χ1n) is 6.09. The van der Waals surface area contributed by atoms with Crippen molar-refractivity contribution in [1.82, 2.24) is 4.98 Å². The van der Waals surface area contributed by atoms with E-state index in [2.05, 4.69) is 10.3 Å². The van der Waals surface area contributed by atoms with Gasteiger partial charge in [0, 0.05) is 16.9 Å². The van der Waals surface area contributed by atoms with E-state index < -0.39 is 0 Å². The van der Waals surface area contributed by atoms with Gasteiger partial charge < -0.3 is 11.1 Å². The third-order valence-electron chi connectivity index (χ3n) is 2.96. The summed E-state index contributed by atoms with van der Waals surface area (Å²) in [6.45, 7) is 5.75. The predicted molar refractivity (Wildman–Crippen MR) is 77.3 cm³/mol. The van der Waals surface area contributed by atoms with Gasteiger partial charge in [-0.15, -0.1) is 0 Å². The number of anilines is 2. The second-order valence-corrected chi connectivity index (χ2v) is 4.64. The summed E-state index contributed by atoms with van der Waals surface area (Å²) in [6, 6.07) is 9.20. The van der Waals surface area contributed by atoms with Crippen LogP contribution in [0.25, 0.3) is 0 Å². The molecule has 0 radical (unpaired) electrons. The number of nitrogens with one attached hydrogen (secondary N) is 1. The van der Waals surface area contributed by atoms with E-state index in [0.717, 1.165) is 22.5 Å². The molecule has 4 nitrogen and oxygen atoms in total. The van der Waals surface area contributed by atoms with Crippen LogP contribution in [0.15, 0.2) is 30.3 Å². The van der Waals surface area contributed by atoms with E-state index >= 15 is 0 Å². The molecule has 0 fully saturated rings. The zero-order valence-corrected chi connectivity index (χ0v) is 11.3. The molecule has 1 aromatic carbocycles. The van der Waals surface area contributed by atoms with Gasteiger partial charge in [-0.2, -0.15) is 0 Å². The fraction of sp³-hybridized carbons (Fsp3) is 0.200. The maximum Gasteiger partial charge on any atom is 0.255 e. The molecule has 1 amide bonds. The van der Waals surface area contributed by atoms with Gasteiger partial charge in [0.1, 0.15) is 5.82 Å². The maximum atomic E-state index is 12.2. The molecule has 0 bridgehead atoms. The number of nitrogens with two attached hydrogens (primary N) is 1. The summed E-state index contributed by atoms with van der Waals surface area (Å²) in [5.74, 6) is 0.182. The monoisotopic (exact) mass is 255 g/mol. The van der Waals surface area contributed by atoms with Crippen LogP contribution in [0.5, 0.6) is 0 Å². The van der Waals surface area contributed by atoms with Crippen LogP contribution in [0.1, 0.15) is 27.2 Å². The van der Waals surface area contributed by atoms with Crippen molar-refractivity contribution in [3.63, 3.8) is 0 Å². The number of carbonyl (C=O) groups excluding carboxylic acids is 1. The predicted octanol–water partition coefficient (Wildman–Crippen LogP) is 2.84. The molecular formula is C15H17N3O. The number of pyridine rings is 1. The third kappa shape index (κ3) is 2.91. The van der Waals surface area contributed by atoms with Crippen LogP contribution in [-0.4, -0.2) is 10.9 Å². The first-order valence-corrected chi connectivity index (χ1v) is 6.09. The second-order valence-electron chi connectivity index (χ2n) is 4.64. The fourth-order valence-electron chi connectivity index (χ4n) is 2.02. The highest BCUT2D eigenvalue weighted by Crippen LogP contribution is 2.20. The van der Waals surface area contributed by atoms with Gasteiger partial charge in [0.15, 0.2) is 0 Å². The Kier molecular flexibility index (Phi) is 3.51. The molecule has 3 N–H and O–H groups in total. The number of nitrogens with zero attached hydrogens (tertiary/aromatic N) is 1. The molecule has 0 atom stereocenters. The highest BCUT2D eigenvalue weighted by Gasteiger charge is 2.10. The second kappa shape index (κ2) is 5.10. The van der Waals surface area contributed by atoms with Crippen molar-refractivity contribution in [2.24, 2.45) is 0 Å². The molecule has 1 heterocycles. The van der Waals surface area contributed by atoms with Gasteiger partial charge in [0.05, 0.1) is 0 Å². The van der Waals surface area contributed by atoms with Crippen molar-refractivity contribution < 1.29 is 4.79 Å². The minimum absolute atomic E-state index is 0.172. The molecule has 2 rings (SSSR count). The van der Waals surface area contributed by atoms with Crippen LogP contribution >= 0.6 is 0 Å². The molecule has 98 valence electrons. The number of hydrogen-bond acceptors (Lipinski definition) is 3. The van der Waals surface area contributed by atoms with E-state index in [4.69, 9.17) is 5.73 Å². The van der Waals surface area contributed by atoms with E-state index in [9.17, 15) is 4.79 Å². The number of nitrogen functional groups attached to an aromatic ring is 1. The smallest absolute Gasteiger partial charge is 0.255 e. The first kappa shape index (κ1) is 13.1. The number of aryl methyl sites for hydroxylation is 3. The fourth-order valence-corrected chi connectivity index (χ4v) is 2.02. The summed E-state index contributed by atoms with van der Waals surface area (Å²) in [5.41, 5.74) is 9.83. The molecule has 0 aliphatic carbocycles. The van der Waals surface area contributed by atoms with E-state index in [1.807, 2.05) is 39.0 Å². The molecule has 1 aromatic heterocycles. The average molecular weight is 255 g/mol. The van der Waals surface area contributed by atoms with Gasteiger partial charge in [-0.25, -0.2) is 4.98 Å². The molecular weight excluding hydrogens is 238 g/mol. The van der Waals surface area contributed by atoms with Crippen molar-refractivity contribution in [3.8, 4) is 0 Å². The molecule has 0 saturated heterocycles. The Morgan fingerprint density at radius 2 is 1.79 bits per heavy atom. The van der Waals surface area contributed by atoms with Crippen LogP contribution in [-0.2, 0) is 0 Å². The van der Waals surface area contributed by atoms with Crippen molar-refractivity contribution in [2.45, 2.75) is 20.8 Å². The topological polar surface area (TPSA) is 68.0 Å². The highest BCUT2D eigenvalue weighted by molar-refractivity contribution is 6.05. The number of benzene rings is 1. The quantitative estimate of drug-likeness (QED) is 0.867. The zero-order chi connectivity index (χ0) is 14.0. The standard InChI is InChI=1S/C15H17N3O/c1-9-5-4-6-10(2)14(9)18-15(19)12-7-11(3)17-13(16)8-12/h4-8H,1-3H3,(H2,16,17)(H,18,19). The first-order chi connectivity index (χ1) is 8.97. The zero-order valence-electron chi connectivity index (χ0n) is 11.3. The molecule has 0 saturated carbocycles. The summed E-state index contributed by atoms with van der Waals surface area (Å²) >= 11 is 0. The van der Waals surface area contributed by atoms with E-state index in [-0.39, 0.29) is 5.91 Å². The Morgan fingerprint density at radius 3 is 2.37 bits per heavy atom. The summed E-state index contributed by atoms with van der Waals surface area (Å²) in [5, 5.41) is 2.93. The van der Waals surface area contributed by atoms with E-state index in [1.165, 1.54) is 0 Å². The van der Waals surface area contributed by atoms with E-state index in [0.29, 0.717) is 11.4 Å². The number of carbonyl (C=O) groups is 1.